The van der Waals surface area contributed by atoms with Crippen LogP contribution in [0.1, 0.15) is 41.5 Å². The van der Waals surface area contributed by atoms with Gasteiger partial charge in [0.2, 0.25) is 0 Å². The summed E-state index contributed by atoms with van der Waals surface area (Å²) < 4.78 is 0. The third-order valence-corrected chi connectivity index (χ3v) is 4.54. The van der Waals surface area contributed by atoms with Crippen LogP contribution in [0.2, 0.25) is 0 Å². The first-order chi connectivity index (χ1) is 11.1. The number of rotatable bonds is 12. The molecule has 0 aromatic heterocycles. The van der Waals surface area contributed by atoms with Crippen LogP contribution in [0.3, 0.4) is 0 Å². The molecule has 0 aromatic carbocycles. The topological polar surface area (TPSA) is 119 Å². The van der Waals surface area contributed by atoms with Crippen molar-refractivity contribution in [3.05, 3.63) is 0 Å². The van der Waals surface area contributed by atoms with Gasteiger partial charge in [0.05, 0.1) is 22.5 Å². The lowest BCUT2D eigenvalue weighted by Crippen LogP contribution is -2.51. The van der Waals surface area contributed by atoms with Crippen molar-refractivity contribution in [1.82, 2.24) is 15.5 Å². The molecule has 0 atom stereocenters. The Kier molecular flexibility index (Phi) is 10.1. The fourth-order valence-electron chi connectivity index (χ4n) is 2.08. The van der Waals surface area contributed by atoms with Gasteiger partial charge in [0, 0.05) is 39.3 Å². The van der Waals surface area contributed by atoms with Crippen molar-refractivity contribution in [2.75, 3.05) is 39.3 Å². The number of oxime groups is 2. The van der Waals surface area contributed by atoms with Crippen molar-refractivity contribution in [2.24, 2.45) is 16.0 Å². The Hall–Kier alpha value is -1.22. The predicted molar refractivity (Wildman–Crippen MR) is 99.4 cm³/mol. The highest BCUT2D eigenvalue weighted by Gasteiger charge is 2.22. The van der Waals surface area contributed by atoms with Crippen LogP contribution in [0.25, 0.3) is 0 Å². The summed E-state index contributed by atoms with van der Waals surface area (Å²) in [5, 5.41) is 31.1. The zero-order chi connectivity index (χ0) is 18.8. The summed E-state index contributed by atoms with van der Waals surface area (Å²) in [6.45, 7) is 16.1. The summed E-state index contributed by atoms with van der Waals surface area (Å²) in [5.41, 5.74) is 6.30. The van der Waals surface area contributed by atoms with E-state index in [0.717, 1.165) is 32.7 Å². The molecular formula is C16H36N6O2. The fraction of sp³-hybridized carbons (Fsp3) is 0.875. The van der Waals surface area contributed by atoms with Gasteiger partial charge < -0.3 is 26.8 Å². The minimum Gasteiger partial charge on any atom is -0.411 e. The molecule has 24 heavy (non-hydrogen) atoms. The second-order valence-electron chi connectivity index (χ2n) is 7.10. The maximum Gasteiger partial charge on any atom is 0.0734 e. The Morgan fingerprint density at radius 2 is 1.25 bits per heavy atom. The first kappa shape index (κ1) is 22.8. The van der Waals surface area contributed by atoms with Crippen molar-refractivity contribution < 1.29 is 10.4 Å². The van der Waals surface area contributed by atoms with Crippen LogP contribution in [0.4, 0.5) is 0 Å². The lowest BCUT2D eigenvalue weighted by atomic mass is 9.99. The van der Waals surface area contributed by atoms with Crippen LogP contribution >= 0.6 is 0 Å². The van der Waals surface area contributed by atoms with Crippen molar-refractivity contribution in [1.29, 1.82) is 0 Å². The number of hydrogen-bond donors (Lipinski definition) is 5. The second kappa shape index (κ2) is 10.6. The number of nitrogens with two attached hydrogens (primary N) is 1. The zero-order valence-corrected chi connectivity index (χ0v) is 16.1. The average molecular weight is 345 g/mol. The summed E-state index contributed by atoms with van der Waals surface area (Å²) in [6, 6.07) is 0. The first-order valence-corrected chi connectivity index (χ1v) is 8.41. The van der Waals surface area contributed by atoms with Crippen LogP contribution in [-0.4, -0.2) is 77.1 Å². The molecule has 0 radical (unpaired) electrons. The SMILES string of the molecule is C/C(=N/O)C(C)(C)NCCN(CCN)CCNC(C)(C)/C(C)=N/O. The maximum absolute atomic E-state index is 8.91. The normalized spacial score (nSPS) is 14.5. The van der Waals surface area contributed by atoms with E-state index < -0.39 is 0 Å². The van der Waals surface area contributed by atoms with E-state index in [9.17, 15) is 0 Å². The molecule has 0 aliphatic rings. The maximum atomic E-state index is 8.91. The van der Waals surface area contributed by atoms with Gasteiger partial charge in [-0.3, -0.25) is 4.90 Å². The van der Waals surface area contributed by atoms with Gasteiger partial charge in [-0.25, -0.2) is 0 Å². The predicted octanol–water partition coefficient (Wildman–Crippen LogP) is 0.684. The molecule has 0 saturated carbocycles. The third-order valence-electron chi connectivity index (χ3n) is 4.54. The molecule has 0 fully saturated rings. The highest BCUT2D eigenvalue weighted by molar-refractivity contribution is 5.90. The number of nitrogens with zero attached hydrogens (tertiary/aromatic N) is 3. The Balaban J connectivity index is 4.37. The van der Waals surface area contributed by atoms with Gasteiger partial charge in [-0.05, 0) is 41.5 Å². The Morgan fingerprint density at radius 1 is 0.875 bits per heavy atom. The molecule has 0 saturated heterocycles. The first-order valence-electron chi connectivity index (χ1n) is 8.41. The smallest absolute Gasteiger partial charge is 0.0734 e. The molecule has 0 aromatic rings. The van der Waals surface area contributed by atoms with Crippen molar-refractivity contribution >= 4 is 11.4 Å². The molecule has 0 heterocycles. The summed E-state index contributed by atoms with van der Waals surface area (Å²) in [6.07, 6.45) is 0. The quantitative estimate of drug-likeness (QED) is 0.202. The minimum atomic E-state index is -0.349. The Labute approximate surface area is 146 Å². The fourth-order valence-corrected chi connectivity index (χ4v) is 2.08. The van der Waals surface area contributed by atoms with Crippen LogP contribution in [0.5, 0.6) is 0 Å². The van der Waals surface area contributed by atoms with E-state index in [1.807, 2.05) is 27.7 Å². The lowest BCUT2D eigenvalue weighted by molar-refractivity contribution is 0.263. The standard InChI is InChI=1S/C16H36N6O2/c1-13(20-23)15(3,4)18-8-11-22(10-7-17)12-9-19-16(5,6)14(2)21-24/h18-19,23-24H,7-12,17H2,1-6H3/b20-13-,21-14+. The zero-order valence-electron chi connectivity index (χ0n) is 16.1. The van der Waals surface area contributed by atoms with Crippen LogP contribution in [0.15, 0.2) is 10.3 Å². The molecule has 0 rings (SSSR count). The van der Waals surface area contributed by atoms with Crippen molar-refractivity contribution in [3.63, 3.8) is 0 Å². The molecule has 0 aliphatic heterocycles. The van der Waals surface area contributed by atoms with Crippen LogP contribution in [-0.2, 0) is 0 Å². The third kappa shape index (κ3) is 8.05. The van der Waals surface area contributed by atoms with E-state index in [1.54, 1.807) is 13.8 Å². The van der Waals surface area contributed by atoms with E-state index in [4.69, 9.17) is 16.1 Å². The van der Waals surface area contributed by atoms with Gasteiger partial charge >= 0.3 is 0 Å². The molecule has 8 nitrogen and oxygen atoms in total. The minimum absolute atomic E-state index is 0.349. The van der Waals surface area contributed by atoms with E-state index in [0.29, 0.717) is 18.0 Å². The molecular weight excluding hydrogens is 308 g/mol. The van der Waals surface area contributed by atoms with Crippen molar-refractivity contribution in [2.45, 2.75) is 52.6 Å². The molecule has 0 amide bonds. The molecule has 0 bridgehead atoms. The van der Waals surface area contributed by atoms with Crippen LogP contribution in [0, 0.1) is 0 Å². The molecule has 0 unspecified atom stereocenters. The molecule has 142 valence electrons. The Morgan fingerprint density at radius 3 is 1.54 bits per heavy atom. The molecule has 8 heteroatoms. The monoisotopic (exact) mass is 344 g/mol. The summed E-state index contributed by atoms with van der Waals surface area (Å²) >= 11 is 0. The van der Waals surface area contributed by atoms with E-state index in [1.165, 1.54) is 0 Å². The van der Waals surface area contributed by atoms with Gasteiger partial charge in [-0.15, -0.1) is 0 Å². The van der Waals surface area contributed by atoms with Gasteiger partial charge in [0.15, 0.2) is 0 Å². The molecule has 6 N–H and O–H groups in total. The van der Waals surface area contributed by atoms with Gasteiger partial charge in [0.25, 0.3) is 0 Å². The van der Waals surface area contributed by atoms with Crippen LogP contribution < -0.4 is 16.4 Å². The van der Waals surface area contributed by atoms with E-state index in [-0.39, 0.29) is 11.1 Å². The van der Waals surface area contributed by atoms with E-state index in [2.05, 4.69) is 25.8 Å². The number of nitrogens with one attached hydrogen (secondary N) is 2. The largest absolute Gasteiger partial charge is 0.411 e. The summed E-state index contributed by atoms with van der Waals surface area (Å²) in [5.74, 6) is 0. The molecule has 0 spiro atoms. The van der Waals surface area contributed by atoms with Gasteiger partial charge in [-0.2, -0.15) is 0 Å². The van der Waals surface area contributed by atoms with Gasteiger partial charge in [-0.1, -0.05) is 10.3 Å². The van der Waals surface area contributed by atoms with Gasteiger partial charge in [0.1, 0.15) is 0 Å². The Bertz CT molecular complexity index is 385. The lowest BCUT2D eigenvalue weighted by Gasteiger charge is -2.30. The number of hydrogen-bond acceptors (Lipinski definition) is 8. The highest BCUT2D eigenvalue weighted by atomic mass is 16.4. The van der Waals surface area contributed by atoms with E-state index >= 15 is 0 Å². The summed E-state index contributed by atoms with van der Waals surface area (Å²) in [4.78, 5) is 2.27. The highest BCUT2D eigenvalue weighted by Crippen LogP contribution is 2.06. The second-order valence-corrected chi connectivity index (χ2v) is 7.10. The summed E-state index contributed by atoms with van der Waals surface area (Å²) in [7, 11) is 0. The average Bonchev–Trinajstić information content (AvgIpc) is 2.52. The molecule has 0 aliphatic carbocycles. The van der Waals surface area contributed by atoms with Crippen molar-refractivity contribution in [3.8, 4) is 0 Å².